The van der Waals surface area contributed by atoms with Crippen LogP contribution in [0.1, 0.15) is 66.2 Å². The second kappa shape index (κ2) is 6.15. The predicted molar refractivity (Wildman–Crippen MR) is 102 cm³/mol. The lowest BCUT2D eigenvalue weighted by atomic mass is 9.51. The van der Waals surface area contributed by atoms with Crippen molar-refractivity contribution >= 4 is 17.5 Å². The maximum absolute atomic E-state index is 12.7. The van der Waals surface area contributed by atoms with Crippen LogP contribution >= 0.6 is 0 Å². The topological polar surface area (TPSA) is 60.4 Å². The van der Waals surface area contributed by atoms with E-state index >= 15 is 0 Å². The van der Waals surface area contributed by atoms with Gasteiger partial charge in [0, 0.05) is 18.8 Å². The largest absolute Gasteiger partial charge is 0.451 e. The van der Waals surface area contributed by atoms with Gasteiger partial charge in [0.1, 0.15) is 0 Å². The van der Waals surface area contributed by atoms with Crippen molar-refractivity contribution in [2.24, 2.45) is 29.1 Å². The molecule has 0 aliphatic heterocycles. The Balaban J connectivity index is 1.75. The number of hydrogen-bond acceptors (Lipinski definition) is 4. The Bertz CT molecular complexity index is 775. The summed E-state index contributed by atoms with van der Waals surface area (Å²) in [4.78, 5) is 36.5. The number of ether oxygens (including phenoxy) is 1. The van der Waals surface area contributed by atoms with Crippen molar-refractivity contribution in [3.05, 3.63) is 23.3 Å². The van der Waals surface area contributed by atoms with E-state index in [4.69, 9.17) is 4.74 Å². The molecule has 4 heteroatoms. The molecule has 0 bridgehead atoms. The Morgan fingerprint density at radius 3 is 2.56 bits per heavy atom. The highest BCUT2D eigenvalue weighted by molar-refractivity contribution is 5.92. The standard InChI is InChI=1S/C23H30O4/c1-13-11-20-18(17-6-5-16(26)12-19(13)17)7-9-22(4)21(20)8-10-23(22,14(2)24)27-15(3)25/h11-12,17-18,20-21H,5-10H2,1-4H3/t17?,18?,20?,21?,22-,23+/m0/s1. The van der Waals surface area contributed by atoms with E-state index in [0.717, 1.165) is 25.7 Å². The van der Waals surface area contributed by atoms with Gasteiger partial charge < -0.3 is 4.74 Å². The van der Waals surface area contributed by atoms with Gasteiger partial charge >= 0.3 is 5.97 Å². The Morgan fingerprint density at radius 2 is 1.89 bits per heavy atom. The van der Waals surface area contributed by atoms with Crippen molar-refractivity contribution in [3.63, 3.8) is 0 Å². The zero-order valence-corrected chi connectivity index (χ0v) is 16.8. The fourth-order valence-electron chi connectivity index (χ4n) is 7.04. The summed E-state index contributed by atoms with van der Waals surface area (Å²) in [5.41, 5.74) is 1.18. The molecule has 4 aliphatic rings. The van der Waals surface area contributed by atoms with Crippen molar-refractivity contribution in [2.45, 2.75) is 71.8 Å². The molecule has 0 aromatic heterocycles. The minimum Gasteiger partial charge on any atom is -0.451 e. The van der Waals surface area contributed by atoms with Crippen LogP contribution in [0.15, 0.2) is 23.3 Å². The number of esters is 1. The van der Waals surface area contributed by atoms with E-state index in [1.54, 1.807) is 6.92 Å². The van der Waals surface area contributed by atoms with Crippen LogP contribution in [0.25, 0.3) is 0 Å². The first-order valence-corrected chi connectivity index (χ1v) is 10.3. The summed E-state index contributed by atoms with van der Waals surface area (Å²) in [6, 6.07) is 0. The zero-order valence-electron chi connectivity index (χ0n) is 16.8. The monoisotopic (exact) mass is 370 g/mol. The van der Waals surface area contributed by atoms with Crippen LogP contribution in [0.2, 0.25) is 0 Å². The van der Waals surface area contributed by atoms with E-state index in [9.17, 15) is 14.4 Å². The van der Waals surface area contributed by atoms with E-state index in [1.165, 1.54) is 18.1 Å². The average Bonchev–Trinajstić information content (AvgIpc) is 2.89. The summed E-state index contributed by atoms with van der Waals surface area (Å²) in [5.74, 6) is 1.61. The Hall–Kier alpha value is -1.71. The fraction of sp³-hybridized carbons (Fsp3) is 0.696. The van der Waals surface area contributed by atoms with Crippen molar-refractivity contribution < 1.29 is 19.1 Å². The normalized spacial score (nSPS) is 43.0. The molecule has 0 spiro atoms. The molecule has 0 heterocycles. The molecule has 4 rings (SSSR count). The average molecular weight is 370 g/mol. The number of hydrogen-bond donors (Lipinski definition) is 0. The summed E-state index contributed by atoms with van der Waals surface area (Å²) < 4.78 is 5.79. The summed E-state index contributed by atoms with van der Waals surface area (Å²) >= 11 is 0. The Labute approximate surface area is 161 Å². The molecular formula is C23H30O4. The Kier molecular flexibility index (Phi) is 4.25. The van der Waals surface area contributed by atoms with Gasteiger partial charge in [-0.05, 0) is 81.3 Å². The van der Waals surface area contributed by atoms with Gasteiger partial charge in [-0.15, -0.1) is 0 Å². The molecule has 27 heavy (non-hydrogen) atoms. The molecule has 0 radical (unpaired) electrons. The third-order valence-corrected chi connectivity index (χ3v) is 8.22. The van der Waals surface area contributed by atoms with Crippen LogP contribution in [-0.4, -0.2) is 23.1 Å². The molecule has 4 aliphatic carbocycles. The van der Waals surface area contributed by atoms with Gasteiger partial charge in [0.05, 0.1) is 0 Å². The second-order valence-electron chi connectivity index (χ2n) is 9.38. The number of fused-ring (bicyclic) bond motifs is 5. The molecule has 0 aromatic rings. The lowest BCUT2D eigenvalue weighted by Crippen LogP contribution is -2.57. The van der Waals surface area contributed by atoms with Gasteiger partial charge in [0.15, 0.2) is 17.2 Å². The van der Waals surface area contributed by atoms with Gasteiger partial charge in [0.25, 0.3) is 0 Å². The van der Waals surface area contributed by atoms with Gasteiger partial charge in [-0.1, -0.05) is 18.6 Å². The molecule has 4 unspecified atom stereocenters. The van der Waals surface area contributed by atoms with Gasteiger partial charge in [-0.2, -0.15) is 0 Å². The summed E-state index contributed by atoms with van der Waals surface area (Å²) in [5, 5.41) is 0. The number of ketones is 2. The van der Waals surface area contributed by atoms with Crippen molar-refractivity contribution in [1.82, 2.24) is 0 Å². The molecule has 0 amide bonds. The van der Waals surface area contributed by atoms with Gasteiger partial charge in [0.2, 0.25) is 0 Å². The predicted octanol–water partition coefficient (Wildman–Crippen LogP) is 4.19. The highest BCUT2D eigenvalue weighted by Crippen LogP contribution is 2.65. The summed E-state index contributed by atoms with van der Waals surface area (Å²) in [6.07, 6.45) is 9.29. The van der Waals surface area contributed by atoms with E-state index in [1.807, 2.05) is 6.08 Å². The number of rotatable bonds is 2. The third kappa shape index (κ3) is 2.51. The number of allylic oxidation sites excluding steroid dienone is 4. The Morgan fingerprint density at radius 1 is 1.15 bits per heavy atom. The number of carbonyl (C=O) groups excluding carboxylic acids is 3. The van der Waals surface area contributed by atoms with E-state index in [2.05, 4.69) is 19.9 Å². The van der Waals surface area contributed by atoms with Crippen LogP contribution < -0.4 is 0 Å². The highest BCUT2D eigenvalue weighted by atomic mass is 16.6. The van der Waals surface area contributed by atoms with Crippen LogP contribution in [0, 0.1) is 29.1 Å². The van der Waals surface area contributed by atoms with E-state index < -0.39 is 5.60 Å². The van der Waals surface area contributed by atoms with Crippen molar-refractivity contribution in [2.75, 3.05) is 0 Å². The zero-order chi connectivity index (χ0) is 19.6. The van der Waals surface area contributed by atoms with Crippen LogP contribution in [0.4, 0.5) is 0 Å². The maximum atomic E-state index is 12.7. The van der Waals surface area contributed by atoms with Crippen LogP contribution in [0.3, 0.4) is 0 Å². The van der Waals surface area contributed by atoms with Crippen molar-refractivity contribution in [3.8, 4) is 0 Å². The number of carbonyl (C=O) groups is 3. The second-order valence-corrected chi connectivity index (χ2v) is 9.38. The smallest absolute Gasteiger partial charge is 0.303 e. The van der Waals surface area contributed by atoms with Gasteiger partial charge in [-0.3, -0.25) is 14.4 Å². The molecule has 6 atom stereocenters. The van der Waals surface area contributed by atoms with E-state index in [0.29, 0.717) is 36.5 Å². The van der Waals surface area contributed by atoms with Crippen LogP contribution in [-0.2, 0) is 19.1 Å². The lowest BCUT2D eigenvalue weighted by molar-refractivity contribution is -0.184. The molecule has 4 nitrogen and oxygen atoms in total. The molecular weight excluding hydrogens is 340 g/mol. The lowest BCUT2D eigenvalue weighted by Gasteiger charge is -2.54. The van der Waals surface area contributed by atoms with E-state index in [-0.39, 0.29) is 23.0 Å². The highest BCUT2D eigenvalue weighted by Gasteiger charge is 2.66. The molecule has 2 fully saturated rings. The third-order valence-electron chi connectivity index (χ3n) is 8.22. The minimum absolute atomic E-state index is 0.0125. The minimum atomic E-state index is -0.977. The molecule has 146 valence electrons. The first-order valence-electron chi connectivity index (χ1n) is 10.3. The maximum Gasteiger partial charge on any atom is 0.303 e. The first kappa shape index (κ1) is 18.6. The van der Waals surface area contributed by atoms with Gasteiger partial charge in [-0.25, -0.2) is 0 Å². The van der Waals surface area contributed by atoms with Crippen LogP contribution in [0.5, 0.6) is 0 Å². The molecule has 0 aromatic carbocycles. The summed E-state index contributed by atoms with van der Waals surface area (Å²) in [7, 11) is 0. The molecule has 0 saturated heterocycles. The fourth-order valence-corrected chi connectivity index (χ4v) is 7.04. The quantitative estimate of drug-likeness (QED) is 0.684. The number of Topliss-reactive ketones (excluding diaryl/α,β-unsaturated/α-hetero) is 1. The molecule has 0 N–H and O–H groups in total. The molecule has 2 saturated carbocycles. The first-order chi connectivity index (χ1) is 12.7. The summed E-state index contributed by atoms with van der Waals surface area (Å²) in [6.45, 7) is 7.29. The SMILES string of the molecule is CC(=O)O[C@@]1(C(C)=O)CCC2C3C=C(C)C4=CC(=O)CCC4C3CC[C@@]21C. The van der Waals surface area contributed by atoms with Crippen molar-refractivity contribution in [1.29, 1.82) is 0 Å².